The number of hydrogen-bond acceptors (Lipinski definition) is 3. The van der Waals surface area contributed by atoms with E-state index in [1.807, 2.05) is 0 Å². The highest BCUT2D eigenvalue weighted by Gasteiger charge is 2.34. The molecule has 2 unspecified atom stereocenters. The Hall–Kier alpha value is -1.55. The predicted molar refractivity (Wildman–Crippen MR) is 89.7 cm³/mol. The first-order chi connectivity index (χ1) is 11.2. The molecule has 0 radical (unpaired) electrons. The Morgan fingerprint density at radius 1 is 1.30 bits per heavy atom. The van der Waals surface area contributed by atoms with E-state index in [0.29, 0.717) is 12.5 Å². The number of carbonyl (C=O) groups excluding carboxylic acids is 1. The van der Waals surface area contributed by atoms with Gasteiger partial charge >= 0.3 is 0 Å². The van der Waals surface area contributed by atoms with Crippen LogP contribution in [0.4, 0.5) is 0 Å². The summed E-state index contributed by atoms with van der Waals surface area (Å²) in [5.41, 5.74) is 3.60. The second kappa shape index (κ2) is 7.35. The van der Waals surface area contributed by atoms with Gasteiger partial charge in [-0.3, -0.25) is 4.79 Å². The molecule has 1 saturated carbocycles. The van der Waals surface area contributed by atoms with E-state index in [-0.39, 0.29) is 12.2 Å². The van der Waals surface area contributed by atoms with Crippen molar-refractivity contribution in [2.24, 2.45) is 5.92 Å². The molecule has 4 nitrogen and oxygen atoms in total. The quantitative estimate of drug-likeness (QED) is 0.848. The third-order valence-corrected chi connectivity index (χ3v) is 5.35. The van der Waals surface area contributed by atoms with E-state index in [2.05, 4.69) is 24.4 Å². The summed E-state index contributed by atoms with van der Waals surface area (Å²) in [6.45, 7) is 2.61. The summed E-state index contributed by atoms with van der Waals surface area (Å²) in [4.78, 5) is 10.7. The Morgan fingerprint density at radius 2 is 2.09 bits per heavy atom. The first-order valence-corrected chi connectivity index (χ1v) is 8.73. The lowest BCUT2D eigenvalue weighted by Gasteiger charge is -2.38. The van der Waals surface area contributed by atoms with Gasteiger partial charge in [0.2, 0.25) is 6.41 Å². The van der Waals surface area contributed by atoms with Gasteiger partial charge < -0.3 is 14.8 Å². The number of nitrogens with one attached hydrogen (secondary N) is 1. The molecule has 126 valence electrons. The third kappa shape index (κ3) is 3.37. The van der Waals surface area contributed by atoms with Crippen LogP contribution in [0.5, 0.6) is 5.75 Å². The Kier molecular flexibility index (Phi) is 5.21. The van der Waals surface area contributed by atoms with Crippen molar-refractivity contribution >= 4 is 6.41 Å². The molecular formula is C19H27NO3. The summed E-state index contributed by atoms with van der Waals surface area (Å²) in [6, 6.07) is 4.21. The normalized spacial score (nSPS) is 24.8. The maximum atomic E-state index is 10.7. The first kappa shape index (κ1) is 16.3. The van der Waals surface area contributed by atoms with Gasteiger partial charge in [-0.15, -0.1) is 0 Å². The van der Waals surface area contributed by atoms with Gasteiger partial charge in [-0.25, -0.2) is 0 Å². The standard InChI is InChI=1S/C19H27NO3/c1-13-8-9-15-16(19(13)22-2)10-17(14-6-4-3-5-7-14)23-18(15)11-20-12-21/h8-9,12,14,17-18H,3-7,10-11H2,1-2H3,(H,20,21). The van der Waals surface area contributed by atoms with E-state index in [0.717, 1.165) is 29.7 Å². The van der Waals surface area contributed by atoms with Crippen molar-refractivity contribution in [2.45, 2.75) is 57.7 Å². The van der Waals surface area contributed by atoms with Crippen LogP contribution in [0.25, 0.3) is 0 Å². The van der Waals surface area contributed by atoms with Crippen molar-refractivity contribution in [2.75, 3.05) is 13.7 Å². The summed E-state index contributed by atoms with van der Waals surface area (Å²) in [6.07, 6.45) is 8.28. The number of benzene rings is 1. The molecule has 2 aliphatic rings. The zero-order valence-electron chi connectivity index (χ0n) is 14.1. The van der Waals surface area contributed by atoms with E-state index in [4.69, 9.17) is 9.47 Å². The van der Waals surface area contributed by atoms with Crippen molar-refractivity contribution in [1.29, 1.82) is 0 Å². The summed E-state index contributed by atoms with van der Waals surface area (Å²) in [7, 11) is 1.74. The summed E-state index contributed by atoms with van der Waals surface area (Å²) < 4.78 is 12.1. The molecule has 1 aliphatic carbocycles. The molecule has 0 aromatic heterocycles. The van der Waals surface area contributed by atoms with Crippen LogP contribution in [0.15, 0.2) is 12.1 Å². The van der Waals surface area contributed by atoms with Gasteiger partial charge in [0, 0.05) is 18.5 Å². The molecule has 0 bridgehead atoms. The maximum Gasteiger partial charge on any atom is 0.207 e. The van der Waals surface area contributed by atoms with Gasteiger partial charge in [0.1, 0.15) is 11.9 Å². The molecule has 23 heavy (non-hydrogen) atoms. The van der Waals surface area contributed by atoms with Gasteiger partial charge in [0.15, 0.2) is 0 Å². The Bertz CT molecular complexity index is 552. The fourth-order valence-electron chi connectivity index (χ4n) is 4.19. The van der Waals surface area contributed by atoms with Crippen LogP contribution in [-0.4, -0.2) is 26.2 Å². The Labute approximate surface area is 138 Å². The lowest BCUT2D eigenvalue weighted by molar-refractivity contribution is -0.111. The highest BCUT2D eigenvalue weighted by Crippen LogP contribution is 2.41. The number of hydrogen-bond donors (Lipinski definition) is 1. The lowest BCUT2D eigenvalue weighted by atomic mass is 9.80. The molecule has 1 heterocycles. The number of fused-ring (bicyclic) bond motifs is 1. The first-order valence-electron chi connectivity index (χ1n) is 8.73. The minimum absolute atomic E-state index is 0.0784. The number of amides is 1. The van der Waals surface area contributed by atoms with Gasteiger partial charge in [0.05, 0.1) is 13.2 Å². The lowest BCUT2D eigenvalue weighted by Crippen LogP contribution is -2.37. The van der Waals surface area contributed by atoms with Gasteiger partial charge in [-0.2, -0.15) is 0 Å². The molecule has 3 rings (SSSR count). The SMILES string of the molecule is COc1c(C)ccc2c1CC(C1CCCCC1)OC2CNC=O. The van der Waals surface area contributed by atoms with Crippen LogP contribution in [0.2, 0.25) is 0 Å². The molecule has 2 atom stereocenters. The predicted octanol–water partition coefficient (Wildman–Crippen LogP) is 3.31. The van der Waals surface area contributed by atoms with Crippen molar-refractivity contribution in [1.82, 2.24) is 5.32 Å². The minimum atomic E-state index is -0.0784. The fourth-order valence-corrected chi connectivity index (χ4v) is 4.19. The zero-order chi connectivity index (χ0) is 16.2. The molecule has 1 aromatic carbocycles. The van der Waals surface area contributed by atoms with Crippen LogP contribution in [0, 0.1) is 12.8 Å². The second-order valence-corrected chi connectivity index (χ2v) is 6.77. The largest absolute Gasteiger partial charge is 0.496 e. The van der Waals surface area contributed by atoms with Crippen LogP contribution >= 0.6 is 0 Å². The van der Waals surface area contributed by atoms with Crippen molar-refractivity contribution < 1.29 is 14.3 Å². The van der Waals surface area contributed by atoms with E-state index in [1.165, 1.54) is 37.7 Å². The number of rotatable bonds is 5. The summed E-state index contributed by atoms with van der Waals surface area (Å²) in [5.74, 6) is 1.61. The number of ether oxygens (including phenoxy) is 2. The van der Waals surface area contributed by atoms with E-state index >= 15 is 0 Å². The monoisotopic (exact) mass is 317 g/mol. The highest BCUT2D eigenvalue weighted by molar-refractivity contribution is 5.50. The molecule has 1 amide bonds. The topological polar surface area (TPSA) is 47.6 Å². The number of aryl methyl sites for hydroxylation is 1. The molecule has 1 N–H and O–H groups in total. The Balaban J connectivity index is 1.91. The number of methoxy groups -OCH3 is 1. The molecule has 1 fully saturated rings. The molecule has 0 saturated heterocycles. The molecule has 4 heteroatoms. The highest BCUT2D eigenvalue weighted by atomic mass is 16.5. The average Bonchev–Trinajstić information content (AvgIpc) is 2.60. The maximum absolute atomic E-state index is 10.7. The second-order valence-electron chi connectivity index (χ2n) is 6.77. The fraction of sp³-hybridized carbons (Fsp3) is 0.632. The third-order valence-electron chi connectivity index (χ3n) is 5.35. The zero-order valence-corrected chi connectivity index (χ0v) is 14.1. The van der Waals surface area contributed by atoms with Gasteiger partial charge in [-0.1, -0.05) is 31.4 Å². The summed E-state index contributed by atoms with van der Waals surface area (Å²) in [5, 5.41) is 2.79. The van der Waals surface area contributed by atoms with Crippen molar-refractivity contribution in [3.05, 3.63) is 28.8 Å². The molecule has 1 aliphatic heterocycles. The average molecular weight is 317 g/mol. The summed E-state index contributed by atoms with van der Waals surface area (Å²) >= 11 is 0. The Morgan fingerprint density at radius 3 is 2.78 bits per heavy atom. The minimum Gasteiger partial charge on any atom is -0.496 e. The van der Waals surface area contributed by atoms with E-state index < -0.39 is 0 Å². The van der Waals surface area contributed by atoms with Gasteiger partial charge in [0.25, 0.3) is 0 Å². The van der Waals surface area contributed by atoms with E-state index in [1.54, 1.807) is 7.11 Å². The van der Waals surface area contributed by atoms with Crippen LogP contribution in [-0.2, 0) is 16.0 Å². The molecule has 0 spiro atoms. The van der Waals surface area contributed by atoms with Crippen molar-refractivity contribution in [3.8, 4) is 5.75 Å². The van der Waals surface area contributed by atoms with E-state index in [9.17, 15) is 4.79 Å². The molecular weight excluding hydrogens is 290 g/mol. The number of carbonyl (C=O) groups is 1. The smallest absolute Gasteiger partial charge is 0.207 e. The van der Waals surface area contributed by atoms with Crippen LogP contribution in [0.3, 0.4) is 0 Å². The van der Waals surface area contributed by atoms with Crippen molar-refractivity contribution in [3.63, 3.8) is 0 Å². The van der Waals surface area contributed by atoms with Gasteiger partial charge in [-0.05, 0) is 36.8 Å². The molecule has 1 aromatic rings. The van der Waals surface area contributed by atoms with Crippen LogP contribution in [0.1, 0.15) is 54.9 Å². The van der Waals surface area contributed by atoms with Crippen LogP contribution < -0.4 is 10.1 Å².